The monoisotopic (exact) mass is 392 g/mol. The standard InChI is InChI=1S/C21H26BrFO/c1-21(2,3)15-5-8-17(9-6-15)24-20-11-4-14-12-16(22)7-10-18(14)19(20)13-23/h4,7,10-12,15,17H,5-6,8-9,13H2,1-3H3. The lowest BCUT2D eigenvalue weighted by atomic mass is 9.72. The minimum absolute atomic E-state index is 0.210. The van der Waals surface area contributed by atoms with E-state index in [2.05, 4.69) is 36.7 Å². The zero-order chi connectivity index (χ0) is 17.3. The molecule has 0 heterocycles. The second-order valence-electron chi connectivity index (χ2n) is 8.00. The van der Waals surface area contributed by atoms with E-state index in [1.807, 2.05) is 30.3 Å². The highest BCUT2D eigenvalue weighted by Gasteiger charge is 2.30. The van der Waals surface area contributed by atoms with E-state index in [4.69, 9.17) is 4.74 Å². The molecule has 130 valence electrons. The number of fused-ring (bicyclic) bond motifs is 1. The first kappa shape index (κ1) is 17.7. The molecule has 2 aromatic rings. The molecule has 24 heavy (non-hydrogen) atoms. The minimum atomic E-state index is -0.494. The summed E-state index contributed by atoms with van der Waals surface area (Å²) in [5.41, 5.74) is 1.05. The number of halogens is 2. The summed E-state index contributed by atoms with van der Waals surface area (Å²) in [5, 5.41) is 1.99. The number of hydrogen-bond donors (Lipinski definition) is 0. The quantitative estimate of drug-likeness (QED) is 0.543. The van der Waals surface area contributed by atoms with Crippen LogP contribution in [-0.4, -0.2) is 6.10 Å². The molecule has 1 aliphatic rings. The molecular weight excluding hydrogens is 367 g/mol. The molecule has 0 atom stereocenters. The third kappa shape index (κ3) is 3.77. The van der Waals surface area contributed by atoms with Gasteiger partial charge < -0.3 is 4.74 Å². The molecule has 0 saturated heterocycles. The Labute approximate surface area is 152 Å². The molecule has 0 bridgehead atoms. The van der Waals surface area contributed by atoms with Crippen LogP contribution in [0.15, 0.2) is 34.8 Å². The number of ether oxygens (including phenoxy) is 1. The van der Waals surface area contributed by atoms with Crippen molar-refractivity contribution in [1.82, 2.24) is 0 Å². The van der Waals surface area contributed by atoms with Crippen LogP contribution in [-0.2, 0) is 6.67 Å². The van der Waals surface area contributed by atoms with Crippen molar-refractivity contribution in [3.05, 3.63) is 40.4 Å². The zero-order valence-corrected chi connectivity index (χ0v) is 16.3. The smallest absolute Gasteiger partial charge is 0.126 e. The maximum absolute atomic E-state index is 13.7. The summed E-state index contributed by atoms with van der Waals surface area (Å²) < 4.78 is 20.9. The largest absolute Gasteiger partial charge is 0.490 e. The van der Waals surface area contributed by atoms with Crippen LogP contribution in [0.25, 0.3) is 10.8 Å². The van der Waals surface area contributed by atoms with Gasteiger partial charge in [-0.2, -0.15) is 0 Å². The van der Waals surface area contributed by atoms with E-state index < -0.39 is 6.67 Å². The van der Waals surface area contributed by atoms with Crippen LogP contribution in [0.5, 0.6) is 5.75 Å². The third-order valence-corrected chi connectivity index (χ3v) is 5.87. The van der Waals surface area contributed by atoms with Crippen molar-refractivity contribution in [3.8, 4) is 5.75 Å². The Morgan fingerprint density at radius 3 is 2.42 bits per heavy atom. The molecule has 0 unspecified atom stereocenters. The zero-order valence-electron chi connectivity index (χ0n) is 14.7. The van der Waals surface area contributed by atoms with Crippen molar-refractivity contribution in [2.24, 2.45) is 11.3 Å². The second kappa shape index (κ2) is 7.03. The first-order chi connectivity index (χ1) is 11.4. The number of benzene rings is 2. The third-order valence-electron chi connectivity index (χ3n) is 5.38. The molecule has 1 saturated carbocycles. The van der Waals surface area contributed by atoms with Gasteiger partial charge >= 0.3 is 0 Å². The van der Waals surface area contributed by atoms with Crippen LogP contribution < -0.4 is 4.74 Å². The van der Waals surface area contributed by atoms with Crippen molar-refractivity contribution < 1.29 is 9.13 Å². The lowest BCUT2D eigenvalue weighted by molar-refractivity contribution is 0.0873. The van der Waals surface area contributed by atoms with Crippen molar-refractivity contribution in [2.45, 2.75) is 59.2 Å². The Bertz CT molecular complexity index is 712. The van der Waals surface area contributed by atoms with Crippen LogP contribution >= 0.6 is 15.9 Å². The van der Waals surface area contributed by atoms with E-state index in [0.717, 1.165) is 34.0 Å². The van der Waals surface area contributed by atoms with Crippen LogP contribution in [0.1, 0.15) is 52.0 Å². The molecular formula is C21H26BrFO. The van der Waals surface area contributed by atoms with E-state index in [-0.39, 0.29) is 6.10 Å². The number of rotatable bonds is 3. The molecule has 0 aliphatic heterocycles. The van der Waals surface area contributed by atoms with Crippen LogP contribution in [0, 0.1) is 11.3 Å². The van der Waals surface area contributed by atoms with Gasteiger partial charge in [-0.15, -0.1) is 0 Å². The minimum Gasteiger partial charge on any atom is -0.490 e. The summed E-state index contributed by atoms with van der Waals surface area (Å²) in [6, 6.07) is 9.90. The van der Waals surface area contributed by atoms with E-state index in [1.165, 1.54) is 12.8 Å². The van der Waals surface area contributed by atoms with Crippen LogP contribution in [0.4, 0.5) is 4.39 Å². The first-order valence-electron chi connectivity index (χ1n) is 8.82. The molecule has 0 N–H and O–H groups in total. The van der Waals surface area contributed by atoms with Crippen molar-refractivity contribution in [1.29, 1.82) is 0 Å². The van der Waals surface area contributed by atoms with Gasteiger partial charge in [-0.3, -0.25) is 0 Å². The molecule has 3 rings (SSSR count). The Hall–Kier alpha value is -1.09. The summed E-state index contributed by atoms with van der Waals surface area (Å²) >= 11 is 3.47. The summed E-state index contributed by atoms with van der Waals surface area (Å²) in [5.74, 6) is 1.47. The first-order valence-corrected chi connectivity index (χ1v) is 9.61. The fourth-order valence-corrected chi connectivity index (χ4v) is 4.20. The predicted octanol–water partition coefficient (Wildman–Crippen LogP) is 7.06. The lowest BCUT2D eigenvalue weighted by Gasteiger charge is -2.37. The number of alkyl halides is 1. The summed E-state index contributed by atoms with van der Waals surface area (Å²) in [6.45, 7) is 6.47. The van der Waals surface area contributed by atoms with E-state index in [1.54, 1.807) is 0 Å². The van der Waals surface area contributed by atoms with Crippen molar-refractivity contribution >= 4 is 26.7 Å². The SMILES string of the molecule is CC(C)(C)C1CCC(Oc2ccc3cc(Br)ccc3c2CF)CC1. The fourth-order valence-electron chi connectivity index (χ4n) is 3.82. The van der Waals surface area contributed by atoms with Gasteiger partial charge in [0, 0.05) is 10.0 Å². The Balaban J connectivity index is 1.77. The average molecular weight is 393 g/mol. The average Bonchev–Trinajstić information content (AvgIpc) is 2.54. The Morgan fingerprint density at radius 1 is 1.08 bits per heavy atom. The molecule has 2 aromatic carbocycles. The van der Waals surface area contributed by atoms with E-state index >= 15 is 0 Å². The highest BCUT2D eigenvalue weighted by molar-refractivity contribution is 9.10. The molecule has 3 heteroatoms. The normalized spacial score (nSPS) is 21.9. The van der Waals surface area contributed by atoms with Gasteiger partial charge in [-0.1, -0.05) is 48.8 Å². The molecule has 0 spiro atoms. The van der Waals surface area contributed by atoms with Gasteiger partial charge in [0.1, 0.15) is 12.4 Å². The van der Waals surface area contributed by atoms with E-state index in [9.17, 15) is 4.39 Å². The fraction of sp³-hybridized carbons (Fsp3) is 0.524. The number of hydrogen-bond acceptors (Lipinski definition) is 1. The maximum Gasteiger partial charge on any atom is 0.126 e. The molecule has 0 aromatic heterocycles. The molecule has 1 fully saturated rings. The van der Waals surface area contributed by atoms with Gasteiger partial charge in [-0.25, -0.2) is 4.39 Å². The van der Waals surface area contributed by atoms with Gasteiger partial charge in [-0.05, 0) is 66.0 Å². The van der Waals surface area contributed by atoms with Gasteiger partial charge in [0.25, 0.3) is 0 Å². The van der Waals surface area contributed by atoms with Gasteiger partial charge in [0.15, 0.2) is 0 Å². The molecule has 0 amide bonds. The maximum atomic E-state index is 13.7. The van der Waals surface area contributed by atoms with Crippen molar-refractivity contribution in [2.75, 3.05) is 0 Å². The highest BCUT2D eigenvalue weighted by Crippen LogP contribution is 2.39. The second-order valence-corrected chi connectivity index (χ2v) is 8.91. The lowest BCUT2D eigenvalue weighted by Crippen LogP contribution is -2.30. The van der Waals surface area contributed by atoms with E-state index in [0.29, 0.717) is 16.7 Å². The summed E-state index contributed by atoms with van der Waals surface area (Å²) in [6.07, 6.45) is 4.72. The van der Waals surface area contributed by atoms with Gasteiger partial charge in [0.2, 0.25) is 0 Å². The Morgan fingerprint density at radius 2 is 1.79 bits per heavy atom. The van der Waals surface area contributed by atoms with Gasteiger partial charge in [0.05, 0.1) is 6.10 Å². The topological polar surface area (TPSA) is 9.23 Å². The summed E-state index contributed by atoms with van der Waals surface area (Å²) in [7, 11) is 0. The highest BCUT2D eigenvalue weighted by atomic mass is 79.9. The van der Waals surface area contributed by atoms with Crippen LogP contribution in [0.3, 0.4) is 0 Å². The van der Waals surface area contributed by atoms with Crippen molar-refractivity contribution in [3.63, 3.8) is 0 Å². The summed E-state index contributed by atoms with van der Waals surface area (Å²) in [4.78, 5) is 0. The molecule has 1 aliphatic carbocycles. The Kier molecular flexibility index (Phi) is 5.19. The molecule has 0 radical (unpaired) electrons. The molecule has 1 nitrogen and oxygen atoms in total. The predicted molar refractivity (Wildman–Crippen MR) is 102 cm³/mol. The van der Waals surface area contributed by atoms with Crippen LogP contribution in [0.2, 0.25) is 0 Å².